The van der Waals surface area contributed by atoms with Crippen molar-refractivity contribution in [3.8, 4) is 0 Å². The summed E-state index contributed by atoms with van der Waals surface area (Å²) in [6.45, 7) is 2.05. The van der Waals surface area contributed by atoms with Crippen molar-refractivity contribution in [1.82, 2.24) is 0 Å². The van der Waals surface area contributed by atoms with E-state index in [9.17, 15) is 4.79 Å². The van der Waals surface area contributed by atoms with Gasteiger partial charge < -0.3 is 9.73 Å². The molecule has 0 N–H and O–H groups in total. The molecule has 16 heavy (non-hydrogen) atoms. The van der Waals surface area contributed by atoms with Gasteiger partial charge in [0.1, 0.15) is 0 Å². The van der Waals surface area contributed by atoms with Gasteiger partial charge in [0.2, 0.25) is 0 Å². The summed E-state index contributed by atoms with van der Waals surface area (Å²) in [6.07, 6.45) is 6.46. The first-order chi connectivity index (χ1) is 7.33. The van der Waals surface area contributed by atoms with Crippen LogP contribution in [-0.4, -0.2) is 18.8 Å². The van der Waals surface area contributed by atoms with E-state index in [4.69, 9.17) is 0 Å². The molecule has 0 radical (unpaired) electrons. The molecule has 0 atom stereocenters. The van der Waals surface area contributed by atoms with Crippen molar-refractivity contribution in [2.45, 2.75) is 6.92 Å². The van der Waals surface area contributed by atoms with Crippen LogP contribution < -0.4 is 0 Å². The van der Waals surface area contributed by atoms with E-state index in [1.165, 1.54) is 6.20 Å². The van der Waals surface area contributed by atoms with Gasteiger partial charge in [-0.1, -0.05) is 12.3 Å². The number of benzene rings is 1. The van der Waals surface area contributed by atoms with Crippen molar-refractivity contribution in [1.29, 1.82) is 0 Å². The number of nitrogens with zero attached hydrogens (tertiary/aromatic N) is 1. The number of ether oxygens (including phenoxy) is 1. The topological polar surface area (TPSA) is 38.7 Å². The smallest absolute Gasteiger partial charge is 0.476 e. The molecular formula is C12H11NO2U. The van der Waals surface area contributed by atoms with E-state index in [1.807, 2.05) is 30.3 Å². The van der Waals surface area contributed by atoms with Crippen LogP contribution >= 0.6 is 0 Å². The maximum Gasteiger partial charge on any atom is 2.00 e. The molecule has 1 rings (SSSR count). The normalized spacial score (nSPS) is 10.3. The Labute approximate surface area is 119 Å². The van der Waals surface area contributed by atoms with Crippen LogP contribution in [0.5, 0.6) is 0 Å². The van der Waals surface area contributed by atoms with Crippen molar-refractivity contribution in [2.24, 2.45) is 4.99 Å². The fraction of sp³-hybridized carbons (Fsp3) is 0.167. The minimum Gasteiger partial charge on any atom is -0.476 e. The number of carbonyl (C=O) groups is 1. The molecule has 0 unspecified atom stereocenters. The molecule has 3 nitrogen and oxygen atoms in total. The Morgan fingerprint density at radius 1 is 1.44 bits per heavy atom. The molecule has 0 heterocycles. The van der Waals surface area contributed by atoms with Gasteiger partial charge in [-0.25, -0.2) is 5.56 Å². The Morgan fingerprint density at radius 3 is 2.75 bits per heavy atom. The molecule has 0 fully saturated rings. The summed E-state index contributed by atoms with van der Waals surface area (Å²) in [5.74, 6) is -0.566. The number of esters is 1. The van der Waals surface area contributed by atoms with Gasteiger partial charge >= 0.3 is 31.1 Å². The second kappa shape index (κ2) is 9.38. The first-order valence-electron chi connectivity index (χ1n) is 4.59. The monoisotopic (exact) mass is 439 g/mol. The van der Waals surface area contributed by atoms with Crippen LogP contribution in [0.1, 0.15) is 12.5 Å². The maximum absolute atomic E-state index is 10.8. The fourth-order valence-electron chi connectivity index (χ4n) is 0.890. The van der Waals surface area contributed by atoms with E-state index >= 15 is 0 Å². The summed E-state index contributed by atoms with van der Waals surface area (Å²) < 4.78 is 4.60. The first-order valence-corrected chi connectivity index (χ1v) is 4.59. The molecule has 0 aliphatic carbocycles. The molecule has 1 aromatic rings. The molecule has 0 saturated carbocycles. The second-order valence-electron chi connectivity index (χ2n) is 2.60. The maximum atomic E-state index is 10.8. The average Bonchev–Trinajstić information content (AvgIpc) is 2.26. The summed E-state index contributed by atoms with van der Waals surface area (Å²) >= 11 is 0. The Balaban J connectivity index is 0.00000225. The SMILES string of the molecule is CCOC(=O)[C-]=NC=[C-]c1ccccc1.[U+2]. The third-order valence-electron chi connectivity index (χ3n) is 1.50. The van der Waals surface area contributed by atoms with Crippen molar-refractivity contribution in [3.63, 3.8) is 0 Å². The van der Waals surface area contributed by atoms with Crippen molar-refractivity contribution >= 4 is 12.2 Å². The minimum atomic E-state index is -0.566. The van der Waals surface area contributed by atoms with E-state index in [0.717, 1.165) is 5.56 Å². The summed E-state index contributed by atoms with van der Waals surface area (Å²) in [6, 6.07) is 9.48. The van der Waals surface area contributed by atoms with E-state index in [1.54, 1.807) is 6.92 Å². The van der Waals surface area contributed by atoms with Crippen LogP contribution in [0.15, 0.2) is 41.5 Å². The molecule has 0 saturated heterocycles. The van der Waals surface area contributed by atoms with E-state index < -0.39 is 5.97 Å². The average molecular weight is 439 g/mol. The Kier molecular flexibility index (Phi) is 8.89. The van der Waals surface area contributed by atoms with Gasteiger partial charge in [-0.15, -0.1) is 12.1 Å². The first kappa shape index (κ1) is 15.2. The Morgan fingerprint density at radius 2 is 2.12 bits per heavy atom. The van der Waals surface area contributed by atoms with Crippen LogP contribution in [0.4, 0.5) is 0 Å². The van der Waals surface area contributed by atoms with Gasteiger partial charge in [-0.05, 0) is 6.92 Å². The molecule has 0 aliphatic rings. The van der Waals surface area contributed by atoms with Gasteiger partial charge in [0.25, 0.3) is 5.97 Å². The van der Waals surface area contributed by atoms with Crippen LogP contribution in [-0.2, 0) is 9.53 Å². The molecule has 0 aromatic heterocycles. The Hall–Kier alpha value is -0.848. The molecule has 0 spiro atoms. The van der Waals surface area contributed by atoms with Gasteiger partial charge in [-0.2, -0.15) is 18.3 Å². The summed E-state index contributed by atoms with van der Waals surface area (Å²) in [5.41, 5.74) is 0.895. The quantitative estimate of drug-likeness (QED) is 0.408. The molecule has 0 amide bonds. The zero-order valence-electron chi connectivity index (χ0n) is 8.93. The largest absolute Gasteiger partial charge is 2.00 e. The van der Waals surface area contributed by atoms with Crippen LogP contribution in [0.25, 0.3) is 0 Å². The molecule has 4 heteroatoms. The molecule has 0 aliphatic heterocycles. The molecule has 1 aromatic carbocycles. The third kappa shape index (κ3) is 6.60. The predicted octanol–water partition coefficient (Wildman–Crippen LogP) is 1.86. The standard InChI is InChI=1S/C12H11NO2.U/c1-2-15-12(14)10-13-9-8-11-6-4-3-5-7-11;/h3-7,9H,2H2,1H3;/q-2;+2. The second-order valence-corrected chi connectivity index (χ2v) is 2.60. The third-order valence-corrected chi connectivity index (χ3v) is 1.50. The fourth-order valence-corrected chi connectivity index (χ4v) is 0.890. The summed E-state index contributed by atoms with van der Waals surface area (Å²) in [5, 5.41) is 0. The van der Waals surface area contributed by atoms with E-state index in [2.05, 4.69) is 22.0 Å². The van der Waals surface area contributed by atoms with Gasteiger partial charge in [0.15, 0.2) is 0 Å². The minimum absolute atomic E-state index is 0. The van der Waals surface area contributed by atoms with Gasteiger partial charge in [0.05, 0.1) is 6.61 Å². The van der Waals surface area contributed by atoms with Gasteiger partial charge in [0, 0.05) is 0 Å². The number of hydrogen-bond donors (Lipinski definition) is 0. The van der Waals surface area contributed by atoms with Crippen molar-refractivity contribution in [2.75, 3.05) is 6.61 Å². The number of carbonyl (C=O) groups excluding carboxylic acids is 1. The zero-order chi connectivity index (χ0) is 10.9. The molecule has 0 bridgehead atoms. The number of rotatable bonds is 4. The van der Waals surface area contributed by atoms with Crippen molar-refractivity contribution in [3.05, 3.63) is 48.2 Å². The van der Waals surface area contributed by atoms with Crippen LogP contribution in [0.2, 0.25) is 0 Å². The summed E-state index contributed by atoms with van der Waals surface area (Å²) in [4.78, 5) is 14.4. The Bertz CT molecular complexity index is 361. The van der Waals surface area contributed by atoms with E-state index in [-0.39, 0.29) is 31.1 Å². The predicted molar refractivity (Wildman–Crippen MR) is 57.4 cm³/mol. The zero-order valence-corrected chi connectivity index (χ0v) is 13.1. The number of aliphatic imine (C=N–C) groups is 1. The molecular weight excluding hydrogens is 428 g/mol. The number of hydrogen-bond acceptors (Lipinski definition) is 3. The molecule has 80 valence electrons. The van der Waals surface area contributed by atoms with E-state index in [0.29, 0.717) is 6.61 Å². The summed E-state index contributed by atoms with van der Waals surface area (Å²) in [7, 11) is 0. The van der Waals surface area contributed by atoms with Crippen LogP contribution in [0, 0.1) is 37.2 Å². The van der Waals surface area contributed by atoms with Gasteiger partial charge in [-0.3, -0.25) is 10.9 Å². The van der Waals surface area contributed by atoms with Crippen molar-refractivity contribution < 1.29 is 40.6 Å². The van der Waals surface area contributed by atoms with Crippen LogP contribution in [0.3, 0.4) is 0 Å².